The van der Waals surface area contributed by atoms with E-state index in [1.165, 1.54) is 0 Å². The lowest BCUT2D eigenvalue weighted by Gasteiger charge is -2.18. The number of alkyl halides is 6. The molecule has 0 spiro atoms. The molecule has 0 saturated heterocycles. The van der Waals surface area contributed by atoms with Gasteiger partial charge in [-0.25, -0.2) is 0 Å². The standard InChI is InChI=1S/C14H6ClF6N3O5/c15-6-1-2-11(29-14(19,20)21)9(3-6)22-12-8(13(16,17)18)4-7(23(25)26)5-10(12)24(27)28/h1-5,22H. The summed E-state index contributed by atoms with van der Waals surface area (Å²) in [6.45, 7) is 0. The van der Waals surface area contributed by atoms with Crippen LogP contribution in [-0.4, -0.2) is 16.2 Å². The number of hydrogen-bond acceptors (Lipinski definition) is 6. The summed E-state index contributed by atoms with van der Waals surface area (Å²) in [6, 6.07) is 2.57. The van der Waals surface area contributed by atoms with Gasteiger partial charge in [-0.05, 0) is 18.2 Å². The number of benzene rings is 2. The fourth-order valence-electron chi connectivity index (χ4n) is 2.16. The molecule has 0 fully saturated rings. The zero-order valence-electron chi connectivity index (χ0n) is 13.5. The third-order valence-corrected chi connectivity index (χ3v) is 3.48. The lowest BCUT2D eigenvalue weighted by atomic mass is 10.1. The van der Waals surface area contributed by atoms with Crippen LogP contribution in [0.4, 0.5) is 49.1 Å². The number of nitrogens with zero attached hydrogens (tertiary/aromatic N) is 2. The summed E-state index contributed by atoms with van der Waals surface area (Å²) in [4.78, 5) is 19.3. The Bertz CT molecular complexity index is 979. The summed E-state index contributed by atoms with van der Waals surface area (Å²) < 4.78 is 81.4. The van der Waals surface area contributed by atoms with Gasteiger partial charge in [-0.3, -0.25) is 20.2 Å². The zero-order chi connectivity index (χ0) is 22.1. The van der Waals surface area contributed by atoms with E-state index in [9.17, 15) is 46.6 Å². The number of ether oxygens (including phenoxy) is 1. The normalized spacial score (nSPS) is 11.8. The molecule has 0 aliphatic rings. The molecule has 29 heavy (non-hydrogen) atoms. The van der Waals surface area contributed by atoms with E-state index in [1.807, 2.05) is 5.32 Å². The van der Waals surface area contributed by atoms with Crippen LogP contribution in [0.15, 0.2) is 30.3 Å². The average molecular weight is 446 g/mol. The van der Waals surface area contributed by atoms with Crippen molar-refractivity contribution in [1.82, 2.24) is 0 Å². The van der Waals surface area contributed by atoms with Gasteiger partial charge in [-0.2, -0.15) is 13.2 Å². The number of hydrogen-bond donors (Lipinski definition) is 1. The number of nitro groups is 2. The van der Waals surface area contributed by atoms with Crippen LogP contribution in [0.3, 0.4) is 0 Å². The summed E-state index contributed by atoms with van der Waals surface area (Å²) in [5.41, 5.74) is -6.62. The maximum Gasteiger partial charge on any atom is 0.573 e. The Morgan fingerprint density at radius 1 is 0.966 bits per heavy atom. The number of halogens is 7. The van der Waals surface area contributed by atoms with Crippen molar-refractivity contribution in [3.63, 3.8) is 0 Å². The van der Waals surface area contributed by atoms with E-state index < -0.39 is 56.4 Å². The first-order valence-corrected chi connectivity index (χ1v) is 7.43. The molecule has 0 radical (unpaired) electrons. The monoisotopic (exact) mass is 445 g/mol. The molecule has 0 unspecified atom stereocenters. The lowest BCUT2D eigenvalue weighted by molar-refractivity contribution is -0.394. The molecular weight excluding hydrogens is 440 g/mol. The van der Waals surface area contributed by atoms with Gasteiger partial charge in [0.15, 0.2) is 5.75 Å². The van der Waals surface area contributed by atoms with Gasteiger partial charge in [0.1, 0.15) is 5.69 Å². The summed E-state index contributed by atoms with van der Waals surface area (Å²) >= 11 is 5.63. The second-order valence-electron chi connectivity index (χ2n) is 5.21. The van der Waals surface area contributed by atoms with Crippen LogP contribution in [0, 0.1) is 20.2 Å². The van der Waals surface area contributed by atoms with Crippen LogP contribution < -0.4 is 10.1 Å². The van der Waals surface area contributed by atoms with E-state index in [2.05, 4.69) is 4.74 Å². The Morgan fingerprint density at radius 2 is 1.59 bits per heavy atom. The van der Waals surface area contributed by atoms with Crippen LogP contribution in [0.2, 0.25) is 5.02 Å². The molecule has 1 N–H and O–H groups in total. The van der Waals surface area contributed by atoms with Crippen LogP contribution >= 0.6 is 11.6 Å². The predicted molar refractivity (Wildman–Crippen MR) is 86.2 cm³/mol. The lowest BCUT2D eigenvalue weighted by Crippen LogP contribution is -2.18. The number of rotatable bonds is 5. The molecular formula is C14H6ClF6N3O5. The number of nitro benzene ring substituents is 2. The first kappa shape index (κ1) is 22.0. The fourth-order valence-corrected chi connectivity index (χ4v) is 2.34. The zero-order valence-corrected chi connectivity index (χ0v) is 14.2. The van der Waals surface area contributed by atoms with Crippen molar-refractivity contribution < 1.29 is 40.9 Å². The third kappa shape index (κ3) is 5.37. The first-order valence-electron chi connectivity index (χ1n) is 7.05. The molecule has 0 aromatic heterocycles. The van der Waals surface area contributed by atoms with Gasteiger partial charge in [-0.1, -0.05) is 11.6 Å². The van der Waals surface area contributed by atoms with Gasteiger partial charge in [0.25, 0.3) is 11.4 Å². The van der Waals surface area contributed by atoms with Gasteiger partial charge in [0.2, 0.25) is 0 Å². The van der Waals surface area contributed by atoms with Crippen molar-refractivity contribution in [2.45, 2.75) is 12.5 Å². The Hall–Kier alpha value is -3.29. The second kappa shape index (κ2) is 7.62. The highest BCUT2D eigenvalue weighted by atomic mass is 35.5. The molecule has 15 heteroatoms. The molecule has 0 saturated carbocycles. The van der Waals surface area contributed by atoms with Gasteiger partial charge >= 0.3 is 12.5 Å². The van der Waals surface area contributed by atoms with E-state index in [-0.39, 0.29) is 17.2 Å². The van der Waals surface area contributed by atoms with E-state index in [0.717, 1.165) is 12.1 Å². The quantitative estimate of drug-likeness (QED) is 0.353. The molecule has 2 rings (SSSR count). The minimum atomic E-state index is -5.33. The maximum atomic E-state index is 13.4. The van der Waals surface area contributed by atoms with Crippen LogP contribution in [-0.2, 0) is 6.18 Å². The summed E-state index contributed by atoms with van der Waals surface area (Å²) in [7, 11) is 0. The molecule has 0 heterocycles. The van der Waals surface area contributed by atoms with E-state index >= 15 is 0 Å². The van der Waals surface area contributed by atoms with Gasteiger partial charge in [0.05, 0.1) is 27.2 Å². The summed E-state index contributed by atoms with van der Waals surface area (Å²) in [5, 5.41) is 23.6. The number of anilines is 2. The summed E-state index contributed by atoms with van der Waals surface area (Å²) in [5.74, 6) is -1.04. The Kier molecular flexibility index (Phi) is 5.78. The Labute approximate surface area is 160 Å². The summed E-state index contributed by atoms with van der Waals surface area (Å²) in [6.07, 6.45) is -10.6. The highest BCUT2D eigenvalue weighted by Crippen LogP contribution is 2.45. The van der Waals surface area contributed by atoms with Crippen molar-refractivity contribution in [3.05, 3.63) is 61.1 Å². The minimum Gasteiger partial charge on any atom is -0.404 e. The second-order valence-corrected chi connectivity index (χ2v) is 5.65. The fraction of sp³-hybridized carbons (Fsp3) is 0.143. The molecule has 0 atom stereocenters. The number of non-ortho nitro benzene ring substituents is 1. The Morgan fingerprint density at radius 3 is 2.07 bits per heavy atom. The Balaban J connectivity index is 2.74. The molecule has 0 amide bonds. The van der Waals surface area contributed by atoms with Crippen LogP contribution in [0.5, 0.6) is 5.75 Å². The largest absolute Gasteiger partial charge is 0.573 e. The van der Waals surface area contributed by atoms with Crippen molar-refractivity contribution in [2.24, 2.45) is 0 Å². The van der Waals surface area contributed by atoms with Crippen molar-refractivity contribution in [1.29, 1.82) is 0 Å². The molecule has 156 valence electrons. The predicted octanol–water partition coefficient (Wildman–Crippen LogP) is 5.82. The third-order valence-electron chi connectivity index (χ3n) is 3.24. The van der Waals surface area contributed by atoms with Crippen molar-refractivity contribution >= 4 is 34.4 Å². The maximum absolute atomic E-state index is 13.4. The highest BCUT2D eigenvalue weighted by molar-refractivity contribution is 6.31. The smallest absolute Gasteiger partial charge is 0.404 e. The molecule has 0 bridgehead atoms. The van der Waals surface area contributed by atoms with E-state index in [1.54, 1.807) is 0 Å². The van der Waals surface area contributed by atoms with Crippen molar-refractivity contribution in [3.8, 4) is 5.75 Å². The van der Waals surface area contributed by atoms with Gasteiger partial charge in [0, 0.05) is 11.1 Å². The molecule has 0 aliphatic carbocycles. The van der Waals surface area contributed by atoms with Crippen LogP contribution in [0.1, 0.15) is 5.56 Å². The molecule has 8 nitrogen and oxygen atoms in total. The SMILES string of the molecule is O=[N+]([O-])c1cc([N+](=O)[O-])c(Nc2cc(Cl)ccc2OC(F)(F)F)c(C(F)(F)F)c1. The molecule has 2 aromatic rings. The number of nitrogens with one attached hydrogen (secondary N) is 1. The highest BCUT2D eigenvalue weighted by Gasteiger charge is 2.40. The average Bonchev–Trinajstić information content (AvgIpc) is 2.54. The van der Waals surface area contributed by atoms with Crippen LogP contribution in [0.25, 0.3) is 0 Å². The van der Waals surface area contributed by atoms with E-state index in [4.69, 9.17) is 11.6 Å². The minimum absolute atomic E-state index is 0.00414. The van der Waals surface area contributed by atoms with Gasteiger partial charge in [-0.15, -0.1) is 13.2 Å². The topological polar surface area (TPSA) is 108 Å². The first-order chi connectivity index (χ1) is 13.2. The molecule has 0 aliphatic heterocycles. The van der Waals surface area contributed by atoms with Gasteiger partial charge < -0.3 is 10.1 Å². The molecule has 2 aromatic carbocycles. The van der Waals surface area contributed by atoms with Crippen molar-refractivity contribution in [2.75, 3.05) is 5.32 Å². The van der Waals surface area contributed by atoms with E-state index in [0.29, 0.717) is 6.07 Å².